The first kappa shape index (κ1) is 15.6. The summed E-state index contributed by atoms with van der Waals surface area (Å²) in [5.41, 5.74) is 1.16. The number of carbonyl (C=O) groups is 1. The number of nitrogens with zero attached hydrogens (tertiary/aromatic N) is 4. The number of hydrogen-bond acceptors (Lipinski definition) is 6. The molecule has 0 aliphatic carbocycles. The molecule has 0 spiro atoms. The quantitative estimate of drug-likeness (QED) is 0.733. The van der Waals surface area contributed by atoms with Gasteiger partial charge in [-0.05, 0) is 27.9 Å². The van der Waals surface area contributed by atoms with E-state index >= 15 is 0 Å². The molecule has 2 aromatic heterocycles. The molecule has 1 atom stereocenters. The molecule has 0 radical (unpaired) electrons. The van der Waals surface area contributed by atoms with Crippen molar-refractivity contribution in [2.24, 2.45) is 0 Å². The van der Waals surface area contributed by atoms with Crippen molar-refractivity contribution in [2.75, 3.05) is 6.54 Å². The highest BCUT2D eigenvalue weighted by molar-refractivity contribution is 7.12. The minimum Gasteiger partial charge on any atom is -0.387 e. The number of aliphatic hydroxyl groups is 1. The van der Waals surface area contributed by atoms with Gasteiger partial charge in [0.05, 0.1) is 11.8 Å². The number of aromatic nitrogens is 4. The number of amides is 1. The molecule has 9 heteroatoms. The monoisotopic (exact) mass is 349 g/mol. The molecule has 1 unspecified atom stereocenters. The van der Waals surface area contributed by atoms with Crippen LogP contribution in [0.4, 0.5) is 0 Å². The van der Waals surface area contributed by atoms with E-state index in [4.69, 9.17) is 11.6 Å². The summed E-state index contributed by atoms with van der Waals surface area (Å²) in [6, 6.07) is 8.72. The second-order valence-corrected chi connectivity index (χ2v) is 5.96. The fraction of sp³-hybridized carbons (Fsp3) is 0.143. The molecule has 2 N–H and O–H groups in total. The van der Waals surface area contributed by atoms with Crippen LogP contribution in [-0.2, 0) is 0 Å². The van der Waals surface area contributed by atoms with Gasteiger partial charge in [-0.1, -0.05) is 29.8 Å². The van der Waals surface area contributed by atoms with Gasteiger partial charge in [0.15, 0.2) is 0 Å². The maximum atomic E-state index is 12.3. The highest BCUT2D eigenvalue weighted by Crippen LogP contribution is 2.23. The van der Waals surface area contributed by atoms with E-state index in [0.29, 0.717) is 21.2 Å². The van der Waals surface area contributed by atoms with Gasteiger partial charge in [0, 0.05) is 17.1 Å². The summed E-state index contributed by atoms with van der Waals surface area (Å²) in [4.78, 5) is 12.8. The Bertz CT molecular complexity index is 805. The van der Waals surface area contributed by atoms with Crippen LogP contribution >= 0.6 is 22.9 Å². The van der Waals surface area contributed by atoms with Gasteiger partial charge in [-0.3, -0.25) is 4.79 Å². The van der Waals surface area contributed by atoms with Crippen molar-refractivity contribution in [2.45, 2.75) is 6.10 Å². The summed E-state index contributed by atoms with van der Waals surface area (Å²) < 4.78 is 1.41. The third-order valence-electron chi connectivity index (χ3n) is 3.17. The van der Waals surface area contributed by atoms with Crippen LogP contribution in [0.3, 0.4) is 0 Å². The number of aliphatic hydroxyl groups excluding tert-OH is 1. The van der Waals surface area contributed by atoms with Crippen molar-refractivity contribution < 1.29 is 9.90 Å². The predicted molar refractivity (Wildman–Crippen MR) is 85.8 cm³/mol. The topological polar surface area (TPSA) is 92.9 Å². The Balaban J connectivity index is 1.69. The molecule has 0 aliphatic heterocycles. The number of benzene rings is 1. The summed E-state index contributed by atoms with van der Waals surface area (Å²) in [7, 11) is 0. The van der Waals surface area contributed by atoms with Crippen molar-refractivity contribution in [3.05, 3.63) is 57.5 Å². The van der Waals surface area contributed by atoms with Gasteiger partial charge in [-0.2, -0.15) is 4.68 Å². The number of carbonyl (C=O) groups excluding carboxylic acids is 1. The summed E-state index contributed by atoms with van der Waals surface area (Å²) >= 11 is 7.30. The molecule has 0 aliphatic rings. The minimum atomic E-state index is -0.885. The fourth-order valence-corrected chi connectivity index (χ4v) is 3.11. The lowest BCUT2D eigenvalue weighted by molar-refractivity contribution is 0.0920. The third kappa shape index (κ3) is 3.39. The Kier molecular flexibility index (Phi) is 4.65. The summed E-state index contributed by atoms with van der Waals surface area (Å²) in [5, 5.41) is 26.0. The zero-order chi connectivity index (χ0) is 16.2. The Hall–Kier alpha value is -2.29. The zero-order valence-corrected chi connectivity index (χ0v) is 13.3. The maximum Gasteiger partial charge on any atom is 0.263 e. The van der Waals surface area contributed by atoms with Gasteiger partial charge in [-0.25, -0.2) is 0 Å². The molecule has 0 saturated carbocycles. The highest BCUT2D eigenvalue weighted by Gasteiger charge is 2.18. The molecular weight excluding hydrogens is 338 g/mol. The molecule has 0 fully saturated rings. The van der Waals surface area contributed by atoms with E-state index in [1.54, 1.807) is 35.7 Å². The molecular formula is C14H12ClN5O2S. The average Bonchev–Trinajstić information content (AvgIpc) is 3.23. The van der Waals surface area contributed by atoms with Crippen LogP contribution in [0.25, 0.3) is 5.69 Å². The SMILES string of the molecule is O=C(NCC(O)c1ccccc1Cl)c1sccc1-n1cnnn1. The van der Waals surface area contributed by atoms with E-state index in [0.717, 1.165) is 0 Å². The third-order valence-corrected chi connectivity index (χ3v) is 4.41. The molecule has 3 rings (SSSR count). The summed E-state index contributed by atoms with van der Waals surface area (Å²) in [6.45, 7) is 0.0511. The van der Waals surface area contributed by atoms with E-state index in [-0.39, 0.29) is 12.5 Å². The molecule has 23 heavy (non-hydrogen) atoms. The van der Waals surface area contributed by atoms with Gasteiger partial charge < -0.3 is 10.4 Å². The Morgan fingerprint density at radius 1 is 1.39 bits per heavy atom. The van der Waals surface area contributed by atoms with Crippen molar-refractivity contribution >= 4 is 28.8 Å². The van der Waals surface area contributed by atoms with Crippen LogP contribution in [0.15, 0.2) is 42.0 Å². The molecule has 0 bridgehead atoms. The molecule has 2 heterocycles. The number of hydrogen-bond donors (Lipinski definition) is 2. The Morgan fingerprint density at radius 2 is 2.22 bits per heavy atom. The first-order chi connectivity index (χ1) is 11.2. The second-order valence-electron chi connectivity index (χ2n) is 4.64. The van der Waals surface area contributed by atoms with E-state index in [1.807, 2.05) is 0 Å². The van der Waals surface area contributed by atoms with Crippen LogP contribution in [-0.4, -0.2) is 37.8 Å². The van der Waals surface area contributed by atoms with Crippen molar-refractivity contribution in [3.63, 3.8) is 0 Å². The molecule has 118 valence electrons. The Labute approximate surface area is 140 Å². The Morgan fingerprint density at radius 3 is 2.96 bits per heavy atom. The maximum absolute atomic E-state index is 12.3. The minimum absolute atomic E-state index is 0.0511. The number of halogens is 1. The van der Waals surface area contributed by atoms with Crippen molar-refractivity contribution in [1.82, 2.24) is 25.5 Å². The van der Waals surface area contributed by atoms with Gasteiger partial charge in [0.25, 0.3) is 5.91 Å². The molecule has 7 nitrogen and oxygen atoms in total. The van der Waals surface area contributed by atoms with Gasteiger partial charge in [-0.15, -0.1) is 16.4 Å². The molecule has 1 aromatic carbocycles. The number of thiophene rings is 1. The van der Waals surface area contributed by atoms with Gasteiger partial charge >= 0.3 is 0 Å². The van der Waals surface area contributed by atoms with E-state index in [9.17, 15) is 9.90 Å². The van der Waals surface area contributed by atoms with E-state index < -0.39 is 6.10 Å². The summed E-state index contributed by atoms with van der Waals surface area (Å²) in [5.74, 6) is -0.309. The van der Waals surface area contributed by atoms with Gasteiger partial charge in [0.2, 0.25) is 0 Å². The van der Waals surface area contributed by atoms with Gasteiger partial charge in [0.1, 0.15) is 11.2 Å². The first-order valence-electron chi connectivity index (χ1n) is 6.68. The lowest BCUT2D eigenvalue weighted by Gasteiger charge is -2.13. The van der Waals surface area contributed by atoms with Crippen molar-refractivity contribution in [1.29, 1.82) is 0 Å². The van der Waals surface area contributed by atoms with Crippen molar-refractivity contribution in [3.8, 4) is 5.69 Å². The van der Waals surface area contributed by atoms with E-state index in [2.05, 4.69) is 20.8 Å². The predicted octanol–water partition coefficient (Wildman–Crippen LogP) is 1.84. The van der Waals surface area contributed by atoms with Crippen LogP contribution in [0, 0.1) is 0 Å². The van der Waals surface area contributed by atoms with Crippen LogP contribution in [0.2, 0.25) is 5.02 Å². The number of tetrazole rings is 1. The second kappa shape index (κ2) is 6.86. The molecule has 0 saturated heterocycles. The summed E-state index contributed by atoms with van der Waals surface area (Å²) in [6.07, 6.45) is 0.529. The highest BCUT2D eigenvalue weighted by atomic mass is 35.5. The standard InChI is InChI=1S/C14H12ClN5O2S/c15-10-4-2-1-3-9(10)12(21)7-16-14(22)13-11(5-6-23-13)20-8-17-18-19-20/h1-6,8,12,21H,7H2,(H,16,22). The number of nitrogens with one attached hydrogen (secondary N) is 1. The smallest absolute Gasteiger partial charge is 0.263 e. The molecule has 3 aromatic rings. The van der Waals surface area contributed by atoms with Crippen LogP contribution in [0.5, 0.6) is 0 Å². The molecule has 1 amide bonds. The average molecular weight is 350 g/mol. The van der Waals surface area contributed by atoms with Crippen LogP contribution < -0.4 is 5.32 Å². The lowest BCUT2D eigenvalue weighted by Crippen LogP contribution is -2.28. The normalized spacial score (nSPS) is 12.1. The zero-order valence-electron chi connectivity index (χ0n) is 11.8. The van der Waals surface area contributed by atoms with Crippen LogP contribution in [0.1, 0.15) is 21.3 Å². The largest absolute Gasteiger partial charge is 0.387 e. The first-order valence-corrected chi connectivity index (χ1v) is 7.94. The number of rotatable bonds is 5. The van der Waals surface area contributed by atoms with E-state index in [1.165, 1.54) is 22.3 Å². The fourth-order valence-electron chi connectivity index (χ4n) is 2.05. The lowest BCUT2D eigenvalue weighted by atomic mass is 10.1.